The van der Waals surface area contributed by atoms with E-state index in [0.717, 1.165) is 25.8 Å². The molecule has 2 aromatic carbocycles. The number of likely N-dealkylation sites (tertiary alicyclic amines) is 2. The number of fused-ring (bicyclic) bond motifs is 1. The summed E-state index contributed by atoms with van der Waals surface area (Å²) in [6.45, 7) is 3.14. The number of hydrogen-bond acceptors (Lipinski definition) is 4. The smallest absolute Gasteiger partial charge is 0.254 e. The van der Waals surface area contributed by atoms with Crippen molar-refractivity contribution in [3.8, 4) is 11.5 Å². The molecule has 0 aromatic heterocycles. The number of benzene rings is 2. The molecule has 2 aliphatic heterocycles. The quantitative estimate of drug-likeness (QED) is 0.642. The lowest BCUT2D eigenvalue weighted by Crippen LogP contribution is -2.32. The maximum Gasteiger partial charge on any atom is 0.254 e. The molecule has 2 aromatic rings. The number of ether oxygens (including phenoxy) is 2. The highest BCUT2D eigenvalue weighted by Crippen LogP contribution is 2.40. The SMILES string of the molecule is O=C1CCCN1CCOc1cccc(C(=O)N2C[C@@H]3CC[C@H](Oc4cccc(F)c4)[C@@H]3C2)c1. The van der Waals surface area contributed by atoms with Gasteiger partial charge in [-0.1, -0.05) is 12.1 Å². The summed E-state index contributed by atoms with van der Waals surface area (Å²) in [4.78, 5) is 28.6. The van der Waals surface area contributed by atoms with Gasteiger partial charge in [-0.15, -0.1) is 0 Å². The number of amides is 2. The van der Waals surface area contributed by atoms with Crippen LogP contribution in [0.1, 0.15) is 36.0 Å². The molecule has 3 fully saturated rings. The number of carbonyl (C=O) groups is 2. The molecule has 7 heteroatoms. The third-order valence-electron chi connectivity index (χ3n) is 7.04. The standard InChI is InChI=1S/C26H29FN2O4/c27-20-5-2-7-22(15-20)33-24-10-9-19-16-29(17-23(19)24)26(31)18-4-1-6-21(14-18)32-13-12-28-11-3-8-25(28)30/h1-2,4-7,14-15,19,23-24H,3,8-13,16-17H2/t19-,23+,24-/m0/s1. The van der Waals surface area contributed by atoms with Gasteiger partial charge in [-0.05, 0) is 55.5 Å². The van der Waals surface area contributed by atoms with E-state index in [1.165, 1.54) is 12.1 Å². The third-order valence-corrected chi connectivity index (χ3v) is 7.04. The van der Waals surface area contributed by atoms with E-state index in [0.29, 0.717) is 55.6 Å². The van der Waals surface area contributed by atoms with Crippen LogP contribution in [0.2, 0.25) is 0 Å². The van der Waals surface area contributed by atoms with Gasteiger partial charge < -0.3 is 19.3 Å². The average Bonchev–Trinajstić information content (AvgIpc) is 3.51. The fourth-order valence-corrected chi connectivity index (χ4v) is 5.36. The van der Waals surface area contributed by atoms with Gasteiger partial charge in [0, 0.05) is 43.6 Å². The van der Waals surface area contributed by atoms with Crippen molar-refractivity contribution in [2.24, 2.45) is 11.8 Å². The van der Waals surface area contributed by atoms with E-state index in [2.05, 4.69) is 0 Å². The van der Waals surface area contributed by atoms with Gasteiger partial charge in [-0.2, -0.15) is 0 Å². The highest BCUT2D eigenvalue weighted by molar-refractivity contribution is 5.94. The molecular formula is C26H29FN2O4. The van der Waals surface area contributed by atoms with Crippen molar-refractivity contribution >= 4 is 11.8 Å². The molecule has 5 rings (SSSR count). The zero-order valence-electron chi connectivity index (χ0n) is 18.6. The summed E-state index contributed by atoms with van der Waals surface area (Å²) in [6, 6.07) is 13.5. The molecule has 2 saturated heterocycles. The highest BCUT2D eigenvalue weighted by Gasteiger charge is 2.45. The minimum absolute atomic E-state index is 0.00225. The molecule has 174 valence electrons. The van der Waals surface area contributed by atoms with Gasteiger partial charge in [0.05, 0.1) is 6.54 Å². The van der Waals surface area contributed by atoms with Crippen LogP contribution >= 0.6 is 0 Å². The topological polar surface area (TPSA) is 59.1 Å². The predicted molar refractivity (Wildman–Crippen MR) is 121 cm³/mol. The van der Waals surface area contributed by atoms with Crippen LogP contribution in [-0.4, -0.2) is 60.5 Å². The minimum Gasteiger partial charge on any atom is -0.492 e. The van der Waals surface area contributed by atoms with Crippen molar-refractivity contribution in [2.45, 2.75) is 31.8 Å². The van der Waals surface area contributed by atoms with Crippen LogP contribution in [0.5, 0.6) is 11.5 Å². The minimum atomic E-state index is -0.306. The molecule has 3 atom stereocenters. The van der Waals surface area contributed by atoms with Crippen LogP contribution in [0.25, 0.3) is 0 Å². The molecule has 0 unspecified atom stereocenters. The Morgan fingerprint density at radius 2 is 1.91 bits per heavy atom. The Bertz CT molecular complexity index is 1030. The van der Waals surface area contributed by atoms with Gasteiger partial charge in [-0.25, -0.2) is 4.39 Å². The van der Waals surface area contributed by atoms with E-state index < -0.39 is 0 Å². The average molecular weight is 453 g/mol. The molecule has 1 saturated carbocycles. The fraction of sp³-hybridized carbons (Fsp3) is 0.462. The lowest BCUT2D eigenvalue weighted by molar-refractivity contribution is -0.128. The molecule has 1 aliphatic carbocycles. The van der Waals surface area contributed by atoms with E-state index in [1.54, 1.807) is 18.2 Å². The molecule has 33 heavy (non-hydrogen) atoms. The van der Waals surface area contributed by atoms with Gasteiger partial charge >= 0.3 is 0 Å². The molecule has 0 N–H and O–H groups in total. The second-order valence-corrected chi connectivity index (χ2v) is 9.19. The Labute approximate surface area is 193 Å². The van der Waals surface area contributed by atoms with Crippen LogP contribution in [-0.2, 0) is 4.79 Å². The molecule has 0 radical (unpaired) electrons. The van der Waals surface area contributed by atoms with Crippen molar-refractivity contribution < 1.29 is 23.5 Å². The van der Waals surface area contributed by atoms with Crippen LogP contribution in [0, 0.1) is 17.7 Å². The molecule has 3 aliphatic rings. The van der Waals surface area contributed by atoms with Crippen molar-refractivity contribution in [1.29, 1.82) is 0 Å². The monoisotopic (exact) mass is 452 g/mol. The molecule has 2 heterocycles. The number of rotatable bonds is 7. The summed E-state index contributed by atoms with van der Waals surface area (Å²) in [5.41, 5.74) is 0.604. The van der Waals surface area contributed by atoms with E-state index in [4.69, 9.17) is 9.47 Å². The van der Waals surface area contributed by atoms with Crippen LogP contribution in [0.15, 0.2) is 48.5 Å². The Morgan fingerprint density at radius 3 is 2.73 bits per heavy atom. The van der Waals surface area contributed by atoms with Crippen molar-refractivity contribution in [3.05, 3.63) is 59.9 Å². The Balaban J connectivity index is 1.17. The lowest BCUT2D eigenvalue weighted by atomic mass is 9.99. The third kappa shape index (κ3) is 4.82. The van der Waals surface area contributed by atoms with Gasteiger partial charge in [0.25, 0.3) is 5.91 Å². The summed E-state index contributed by atoms with van der Waals surface area (Å²) < 4.78 is 25.4. The summed E-state index contributed by atoms with van der Waals surface area (Å²) in [7, 11) is 0. The number of carbonyl (C=O) groups excluding carboxylic acids is 2. The number of halogens is 1. The van der Waals surface area contributed by atoms with Crippen molar-refractivity contribution in [3.63, 3.8) is 0 Å². The second-order valence-electron chi connectivity index (χ2n) is 9.19. The Kier molecular flexibility index (Phi) is 6.20. The molecular weight excluding hydrogens is 423 g/mol. The van der Waals surface area contributed by atoms with E-state index >= 15 is 0 Å². The second kappa shape index (κ2) is 9.41. The number of nitrogens with zero attached hydrogens (tertiary/aromatic N) is 2. The van der Waals surface area contributed by atoms with Gasteiger partial charge in [-0.3, -0.25) is 9.59 Å². The van der Waals surface area contributed by atoms with Crippen LogP contribution < -0.4 is 9.47 Å². The van der Waals surface area contributed by atoms with Crippen LogP contribution in [0.4, 0.5) is 4.39 Å². The zero-order valence-corrected chi connectivity index (χ0v) is 18.6. The summed E-state index contributed by atoms with van der Waals surface area (Å²) in [6.07, 6.45) is 3.46. The largest absolute Gasteiger partial charge is 0.492 e. The van der Waals surface area contributed by atoms with Crippen molar-refractivity contribution in [1.82, 2.24) is 9.80 Å². The van der Waals surface area contributed by atoms with E-state index in [-0.39, 0.29) is 29.7 Å². The summed E-state index contributed by atoms with van der Waals surface area (Å²) in [5.74, 6) is 1.72. The van der Waals surface area contributed by atoms with Gasteiger partial charge in [0.2, 0.25) is 5.91 Å². The Morgan fingerprint density at radius 1 is 1.06 bits per heavy atom. The van der Waals surface area contributed by atoms with Gasteiger partial charge in [0.1, 0.15) is 30.0 Å². The first-order valence-corrected chi connectivity index (χ1v) is 11.8. The number of hydrogen-bond donors (Lipinski definition) is 0. The first kappa shape index (κ1) is 21.7. The highest BCUT2D eigenvalue weighted by atomic mass is 19.1. The molecule has 0 bridgehead atoms. The Hall–Kier alpha value is -3.09. The maximum atomic E-state index is 13.5. The van der Waals surface area contributed by atoms with Gasteiger partial charge in [0.15, 0.2) is 0 Å². The maximum absolute atomic E-state index is 13.5. The molecule has 6 nitrogen and oxygen atoms in total. The zero-order chi connectivity index (χ0) is 22.8. The van der Waals surface area contributed by atoms with E-state index in [9.17, 15) is 14.0 Å². The molecule has 0 spiro atoms. The van der Waals surface area contributed by atoms with Crippen molar-refractivity contribution in [2.75, 3.05) is 32.8 Å². The van der Waals surface area contributed by atoms with E-state index in [1.807, 2.05) is 28.0 Å². The summed E-state index contributed by atoms with van der Waals surface area (Å²) >= 11 is 0. The van der Waals surface area contributed by atoms with Crippen LogP contribution in [0.3, 0.4) is 0 Å². The molecule has 2 amide bonds. The fourth-order valence-electron chi connectivity index (χ4n) is 5.36. The first-order chi connectivity index (χ1) is 16.1. The first-order valence-electron chi connectivity index (χ1n) is 11.8. The normalized spacial score (nSPS) is 24.3. The lowest BCUT2D eigenvalue weighted by Gasteiger charge is -2.22. The predicted octanol–water partition coefficient (Wildman–Crippen LogP) is 3.76. The summed E-state index contributed by atoms with van der Waals surface area (Å²) in [5, 5.41) is 0.